The molecule has 0 aromatic rings. The molecule has 0 aromatic heterocycles. The van der Waals surface area contributed by atoms with E-state index in [2.05, 4.69) is 4.74 Å². The molecule has 42 valence electrons. The molecule has 1 aliphatic rings. The lowest BCUT2D eigenvalue weighted by atomic mass is 10.2. The third kappa shape index (κ3) is 1.45. The Balaban J connectivity index is 3.24. The minimum absolute atomic E-state index is 2.45. The van der Waals surface area contributed by atoms with Crippen molar-refractivity contribution < 1.29 is 20.8 Å². The van der Waals surface area contributed by atoms with E-state index >= 15 is 0 Å². The van der Waals surface area contributed by atoms with Crippen LogP contribution in [0.5, 0.6) is 0 Å². The molecule has 2 nitrogen and oxygen atoms in total. The highest BCUT2D eigenvalue weighted by Crippen LogP contribution is 2.03. The van der Waals surface area contributed by atoms with Crippen LogP contribution in [-0.2, 0) is 4.74 Å². The highest BCUT2D eigenvalue weighted by atomic mass is 16.5. The lowest BCUT2D eigenvalue weighted by molar-refractivity contribution is 0.0140. The lowest BCUT2D eigenvalue weighted by Gasteiger charge is -2.15. The minimum atomic E-state index is -3.10. The smallest absolute Gasteiger partial charge is 0.0584 e. The summed E-state index contributed by atoms with van der Waals surface area (Å²) in [6.07, 6.45) is -8.51. The van der Waals surface area contributed by atoms with Crippen molar-refractivity contribution in [2.75, 3.05) is 13.1 Å². The third-order valence-corrected chi connectivity index (χ3v) is 0.493. The third-order valence-electron chi connectivity index (χ3n) is 0.493. The van der Waals surface area contributed by atoms with Gasteiger partial charge in [0.15, 0.2) is 0 Å². The number of rotatable bonds is 0. The van der Waals surface area contributed by atoms with Crippen LogP contribution in [-0.4, -0.2) is 24.3 Å². The second-order valence-corrected chi connectivity index (χ2v) is 0.997. The Kier molecular flexibility index (Phi) is 0.356. The molecule has 0 spiro atoms. The van der Waals surface area contributed by atoms with Gasteiger partial charge in [0, 0.05) is 18.6 Å². The molecular formula is C5H10O2. The minimum Gasteiger partial charge on any atom is -0.393 e. The van der Waals surface area contributed by atoms with Crippen molar-refractivity contribution in [2.45, 2.75) is 18.8 Å². The zero-order chi connectivity index (χ0) is 12.3. The Morgan fingerprint density at radius 3 is 2.71 bits per heavy atom. The summed E-state index contributed by atoms with van der Waals surface area (Å²) in [7, 11) is 0. The standard InChI is InChI=1S/C5H10O2/c6-5-1-3-7-4-2-5/h5-6H,1-4H2/i1D2,2D2,3D2,4D2. The fourth-order valence-electron chi connectivity index (χ4n) is 0.232. The number of aliphatic hydroxyl groups is 1. The first kappa shape index (κ1) is 1.09. The van der Waals surface area contributed by atoms with Gasteiger partial charge >= 0.3 is 0 Å². The van der Waals surface area contributed by atoms with Gasteiger partial charge in [0.1, 0.15) is 0 Å². The van der Waals surface area contributed by atoms with Crippen LogP contribution in [0.2, 0.25) is 0 Å². The molecule has 0 atom stereocenters. The van der Waals surface area contributed by atoms with Crippen molar-refractivity contribution in [3.63, 3.8) is 0 Å². The Morgan fingerprint density at radius 1 is 1.57 bits per heavy atom. The van der Waals surface area contributed by atoms with Crippen molar-refractivity contribution in [3.05, 3.63) is 0 Å². The first-order valence-corrected chi connectivity index (χ1v) is 1.74. The van der Waals surface area contributed by atoms with E-state index < -0.39 is 32.0 Å². The maximum absolute atomic E-state index is 9.33. The molecule has 1 heterocycles. The van der Waals surface area contributed by atoms with Crippen molar-refractivity contribution in [2.24, 2.45) is 0 Å². The summed E-state index contributed by atoms with van der Waals surface area (Å²) >= 11 is 0. The van der Waals surface area contributed by atoms with Gasteiger partial charge in [-0.1, -0.05) is 0 Å². The van der Waals surface area contributed by atoms with Crippen LogP contribution >= 0.6 is 0 Å². The van der Waals surface area contributed by atoms with Crippen molar-refractivity contribution in [1.82, 2.24) is 0 Å². The van der Waals surface area contributed by atoms with E-state index in [-0.39, 0.29) is 0 Å². The van der Waals surface area contributed by atoms with Gasteiger partial charge in [-0.3, -0.25) is 0 Å². The Hall–Kier alpha value is -0.0800. The summed E-state index contributed by atoms with van der Waals surface area (Å²) in [4.78, 5) is 0. The highest BCUT2D eigenvalue weighted by Gasteiger charge is 2.07. The Bertz CT molecular complexity index is 248. The molecule has 1 rings (SSSR count). The summed E-state index contributed by atoms with van der Waals surface area (Å²) in [6.45, 7) is -6.19. The molecule has 1 aliphatic heterocycles. The summed E-state index contributed by atoms with van der Waals surface area (Å²) in [6, 6.07) is 0. The van der Waals surface area contributed by atoms with E-state index in [1.807, 2.05) is 0 Å². The van der Waals surface area contributed by atoms with Crippen LogP contribution in [0.1, 0.15) is 23.7 Å². The zero-order valence-corrected chi connectivity index (χ0v) is 3.43. The van der Waals surface area contributed by atoms with Gasteiger partial charge in [0.25, 0.3) is 0 Å². The number of hydrogen-bond donors (Lipinski definition) is 1. The monoisotopic (exact) mass is 110 g/mol. The molecule has 1 saturated heterocycles. The highest BCUT2D eigenvalue weighted by molar-refractivity contribution is 4.58. The summed E-state index contributed by atoms with van der Waals surface area (Å²) in [5.74, 6) is 0. The predicted molar refractivity (Wildman–Crippen MR) is 26.1 cm³/mol. The number of aliphatic hydroxyl groups excluding tert-OH is 1. The molecule has 7 heavy (non-hydrogen) atoms. The molecule has 0 radical (unpaired) electrons. The average molecular weight is 110 g/mol. The normalized spacial score (nSPS) is 71.0. The van der Waals surface area contributed by atoms with Crippen LogP contribution in [0.15, 0.2) is 0 Å². The first-order chi connectivity index (χ1) is 6.36. The second kappa shape index (κ2) is 2.28. The molecule has 1 fully saturated rings. The van der Waals surface area contributed by atoms with Gasteiger partial charge in [-0.25, -0.2) is 0 Å². The summed E-state index contributed by atoms with van der Waals surface area (Å²) < 4.78 is 61.2. The fourth-order valence-corrected chi connectivity index (χ4v) is 0.232. The van der Waals surface area contributed by atoms with Crippen LogP contribution in [0.25, 0.3) is 0 Å². The van der Waals surface area contributed by atoms with Gasteiger partial charge < -0.3 is 9.84 Å². The number of ether oxygens (including phenoxy) is 1. The van der Waals surface area contributed by atoms with Crippen LogP contribution < -0.4 is 0 Å². The molecular weight excluding hydrogens is 92.1 g/mol. The molecule has 0 unspecified atom stereocenters. The predicted octanol–water partition coefficient (Wildman–Crippen LogP) is 0.158. The van der Waals surface area contributed by atoms with Crippen LogP contribution in [0, 0.1) is 0 Å². The topological polar surface area (TPSA) is 29.5 Å². The van der Waals surface area contributed by atoms with E-state index in [4.69, 9.17) is 11.0 Å². The van der Waals surface area contributed by atoms with Crippen LogP contribution in [0.4, 0.5) is 0 Å². The summed E-state index contributed by atoms with van der Waals surface area (Å²) in [5.41, 5.74) is 0. The van der Waals surface area contributed by atoms with E-state index in [9.17, 15) is 5.11 Å². The van der Waals surface area contributed by atoms with Crippen molar-refractivity contribution >= 4 is 0 Å². The summed E-state index contributed by atoms with van der Waals surface area (Å²) in [5, 5.41) is 9.33. The van der Waals surface area contributed by atoms with Gasteiger partial charge in [-0.05, 0) is 12.7 Å². The zero-order valence-electron chi connectivity index (χ0n) is 11.4. The maximum atomic E-state index is 9.33. The first-order valence-electron chi connectivity index (χ1n) is 5.74. The SMILES string of the molecule is [2H]C1([2H])OC([2H])([2H])C([2H])([2H])C(O)C1([2H])[2H]. The largest absolute Gasteiger partial charge is 0.393 e. The van der Waals surface area contributed by atoms with E-state index in [0.29, 0.717) is 0 Å². The Morgan fingerprint density at radius 2 is 2.14 bits per heavy atom. The molecule has 1 N–H and O–H groups in total. The lowest BCUT2D eigenvalue weighted by Crippen LogP contribution is -2.19. The van der Waals surface area contributed by atoms with E-state index in [1.165, 1.54) is 0 Å². The molecule has 0 aromatic carbocycles. The fraction of sp³-hybridized carbons (Fsp3) is 1.00. The van der Waals surface area contributed by atoms with Gasteiger partial charge in [-0.2, -0.15) is 0 Å². The van der Waals surface area contributed by atoms with E-state index in [0.717, 1.165) is 0 Å². The van der Waals surface area contributed by atoms with Crippen molar-refractivity contribution in [3.8, 4) is 0 Å². The van der Waals surface area contributed by atoms with Gasteiger partial charge in [-0.15, -0.1) is 0 Å². The molecule has 0 saturated carbocycles. The molecule has 0 amide bonds. The van der Waals surface area contributed by atoms with Gasteiger partial charge in [0.05, 0.1) is 11.6 Å². The number of hydrogen-bond acceptors (Lipinski definition) is 2. The quantitative estimate of drug-likeness (QED) is 0.481. The maximum Gasteiger partial charge on any atom is 0.0584 e. The molecule has 0 aliphatic carbocycles. The van der Waals surface area contributed by atoms with Crippen LogP contribution in [0.3, 0.4) is 0 Å². The second-order valence-electron chi connectivity index (χ2n) is 0.997. The average Bonchev–Trinajstić information content (AvgIpc) is 1.98. The van der Waals surface area contributed by atoms with Crippen molar-refractivity contribution in [1.29, 1.82) is 0 Å². The molecule has 0 bridgehead atoms. The molecule has 2 heteroatoms. The Labute approximate surface area is 54.3 Å². The van der Waals surface area contributed by atoms with Gasteiger partial charge in [0.2, 0.25) is 0 Å². The van der Waals surface area contributed by atoms with E-state index in [1.54, 1.807) is 0 Å².